The van der Waals surface area contributed by atoms with Crippen molar-refractivity contribution in [2.75, 3.05) is 17.2 Å². The quantitative estimate of drug-likeness (QED) is 0.651. The molecule has 6 nitrogen and oxygen atoms in total. The van der Waals surface area contributed by atoms with E-state index in [0.717, 1.165) is 5.56 Å². The largest absolute Gasteiger partial charge is 0.376 e. The van der Waals surface area contributed by atoms with Crippen molar-refractivity contribution in [2.24, 2.45) is 0 Å². The summed E-state index contributed by atoms with van der Waals surface area (Å²) in [5.41, 5.74) is 2.20. The third kappa shape index (κ3) is 4.20. The van der Waals surface area contributed by atoms with Crippen LogP contribution in [0.1, 0.15) is 5.56 Å². The molecule has 0 saturated heterocycles. The van der Waals surface area contributed by atoms with E-state index in [1.54, 1.807) is 24.3 Å². The number of nitro benzene ring substituents is 1. The number of hydrogen-bond acceptors (Lipinski definition) is 4. The Bertz CT molecular complexity index is 702. The second-order valence-electron chi connectivity index (χ2n) is 4.66. The van der Waals surface area contributed by atoms with E-state index in [0.29, 0.717) is 16.4 Å². The number of amides is 1. The molecular weight excluding hydrogens is 306 g/mol. The maximum Gasteiger partial charge on any atom is 0.269 e. The molecule has 1 amide bonds. The fourth-order valence-corrected chi connectivity index (χ4v) is 1.98. The maximum absolute atomic E-state index is 11.9. The Morgan fingerprint density at radius 1 is 1.23 bits per heavy atom. The number of aryl methyl sites for hydroxylation is 1. The Morgan fingerprint density at radius 3 is 2.55 bits per heavy atom. The Labute approximate surface area is 132 Å². The number of halogens is 1. The first-order chi connectivity index (χ1) is 10.5. The lowest BCUT2D eigenvalue weighted by Crippen LogP contribution is -2.22. The Morgan fingerprint density at radius 2 is 1.91 bits per heavy atom. The topological polar surface area (TPSA) is 84.3 Å². The van der Waals surface area contributed by atoms with Crippen LogP contribution in [0.2, 0.25) is 5.02 Å². The van der Waals surface area contributed by atoms with E-state index < -0.39 is 4.92 Å². The van der Waals surface area contributed by atoms with Crippen LogP contribution >= 0.6 is 11.6 Å². The zero-order valence-electron chi connectivity index (χ0n) is 11.8. The average Bonchev–Trinajstić information content (AvgIpc) is 2.49. The summed E-state index contributed by atoms with van der Waals surface area (Å²) in [6, 6.07) is 11.1. The summed E-state index contributed by atoms with van der Waals surface area (Å²) in [5.74, 6) is -0.233. The minimum Gasteiger partial charge on any atom is -0.376 e. The second-order valence-corrected chi connectivity index (χ2v) is 5.10. The van der Waals surface area contributed by atoms with Crippen molar-refractivity contribution in [1.82, 2.24) is 0 Å². The van der Waals surface area contributed by atoms with Crippen LogP contribution in [0.25, 0.3) is 0 Å². The lowest BCUT2D eigenvalue weighted by atomic mass is 10.2. The van der Waals surface area contributed by atoms with Gasteiger partial charge in [0.15, 0.2) is 0 Å². The van der Waals surface area contributed by atoms with Crippen molar-refractivity contribution >= 4 is 34.6 Å². The smallest absolute Gasteiger partial charge is 0.269 e. The Hall–Kier alpha value is -2.60. The molecule has 2 N–H and O–H groups in total. The summed E-state index contributed by atoms with van der Waals surface area (Å²) in [6.45, 7) is 1.92. The van der Waals surface area contributed by atoms with Crippen molar-refractivity contribution in [3.05, 3.63) is 63.2 Å². The van der Waals surface area contributed by atoms with Crippen molar-refractivity contribution < 1.29 is 9.72 Å². The zero-order chi connectivity index (χ0) is 16.1. The molecule has 0 aliphatic heterocycles. The number of anilines is 2. The normalized spacial score (nSPS) is 10.1. The van der Waals surface area contributed by atoms with Gasteiger partial charge in [0.25, 0.3) is 5.69 Å². The highest BCUT2D eigenvalue weighted by Gasteiger charge is 2.07. The van der Waals surface area contributed by atoms with Crippen LogP contribution < -0.4 is 10.6 Å². The maximum atomic E-state index is 11.9. The molecule has 0 saturated carbocycles. The monoisotopic (exact) mass is 319 g/mol. The Kier molecular flexibility index (Phi) is 4.95. The molecule has 0 aliphatic rings. The van der Waals surface area contributed by atoms with Crippen LogP contribution in [0.4, 0.5) is 17.1 Å². The predicted octanol–water partition coefficient (Wildman–Crippen LogP) is 3.61. The van der Waals surface area contributed by atoms with Crippen molar-refractivity contribution in [2.45, 2.75) is 6.92 Å². The highest BCUT2D eigenvalue weighted by Crippen LogP contribution is 2.20. The molecule has 0 heterocycles. The molecule has 0 unspecified atom stereocenters. The standard InChI is InChI=1S/C15H14ClN3O3/c1-10-2-3-11(16)8-14(10)18-15(20)9-17-12-4-6-13(7-5-12)19(21)22/h2-8,17H,9H2,1H3,(H,18,20). The van der Waals surface area contributed by atoms with Crippen LogP contribution in [0.3, 0.4) is 0 Å². The molecule has 114 valence electrons. The van der Waals surface area contributed by atoms with Crippen molar-refractivity contribution in [1.29, 1.82) is 0 Å². The molecule has 0 fully saturated rings. The number of nitrogens with one attached hydrogen (secondary N) is 2. The number of carbonyl (C=O) groups excluding carboxylic acids is 1. The number of rotatable bonds is 5. The van der Waals surface area contributed by atoms with E-state index in [1.165, 1.54) is 12.1 Å². The lowest BCUT2D eigenvalue weighted by molar-refractivity contribution is -0.384. The number of hydrogen-bond donors (Lipinski definition) is 2. The number of nitrogens with zero attached hydrogens (tertiary/aromatic N) is 1. The number of benzene rings is 2. The number of carbonyl (C=O) groups is 1. The van der Waals surface area contributed by atoms with Crippen LogP contribution in [0, 0.1) is 17.0 Å². The van der Waals surface area contributed by atoms with Crippen molar-refractivity contribution in [3.63, 3.8) is 0 Å². The summed E-state index contributed by atoms with van der Waals surface area (Å²) in [6.07, 6.45) is 0. The van der Waals surface area contributed by atoms with Gasteiger partial charge in [-0.25, -0.2) is 0 Å². The molecule has 2 aromatic rings. The number of non-ortho nitro benzene ring substituents is 1. The second kappa shape index (κ2) is 6.91. The van der Waals surface area contributed by atoms with E-state index in [9.17, 15) is 14.9 Å². The van der Waals surface area contributed by atoms with Gasteiger partial charge >= 0.3 is 0 Å². The minimum absolute atomic E-state index is 0.00422. The third-order valence-corrected chi connectivity index (χ3v) is 3.24. The van der Waals surface area contributed by atoms with Crippen LogP contribution in [0.15, 0.2) is 42.5 Å². The molecule has 2 rings (SSSR count). The van der Waals surface area contributed by atoms with Gasteiger partial charge in [0, 0.05) is 28.5 Å². The first-order valence-electron chi connectivity index (χ1n) is 6.50. The molecule has 0 aliphatic carbocycles. The molecule has 0 aromatic heterocycles. The van der Waals surface area contributed by atoms with Gasteiger partial charge in [-0.2, -0.15) is 0 Å². The summed E-state index contributed by atoms with van der Waals surface area (Å²) in [5, 5.41) is 16.8. The molecule has 0 spiro atoms. The van der Waals surface area contributed by atoms with Gasteiger partial charge in [-0.3, -0.25) is 14.9 Å². The van der Waals surface area contributed by atoms with Gasteiger partial charge in [0.1, 0.15) is 0 Å². The van der Waals surface area contributed by atoms with Gasteiger partial charge in [-0.05, 0) is 36.8 Å². The van der Waals surface area contributed by atoms with Gasteiger partial charge in [0.05, 0.1) is 11.5 Å². The molecular formula is C15H14ClN3O3. The fourth-order valence-electron chi connectivity index (χ4n) is 1.81. The van der Waals surface area contributed by atoms with Gasteiger partial charge in [-0.15, -0.1) is 0 Å². The zero-order valence-corrected chi connectivity index (χ0v) is 12.6. The van der Waals surface area contributed by atoms with Crippen molar-refractivity contribution in [3.8, 4) is 0 Å². The highest BCUT2D eigenvalue weighted by atomic mass is 35.5. The molecule has 0 atom stereocenters. The highest BCUT2D eigenvalue weighted by molar-refractivity contribution is 6.31. The molecule has 0 radical (unpaired) electrons. The van der Waals surface area contributed by atoms with E-state index >= 15 is 0 Å². The summed E-state index contributed by atoms with van der Waals surface area (Å²) < 4.78 is 0. The van der Waals surface area contributed by atoms with Crippen LogP contribution in [0.5, 0.6) is 0 Å². The first-order valence-corrected chi connectivity index (χ1v) is 6.88. The summed E-state index contributed by atoms with van der Waals surface area (Å²) in [7, 11) is 0. The summed E-state index contributed by atoms with van der Waals surface area (Å²) >= 11 is 5.89. The van der Waals surface area contributed by atoms with Crippen LogP contribution in [-0.4, -0.2) is 17.4 Å². The number of nitro groups is 1. The van der Waals surface area contributed by atoms with E-state index in [2.05, 4.69) is 10.6 Å². The van der Waals surface area contributed by atoms with Gasteiger partial charge in [-0.1, -0.05) is 17.7 Å². The fraction of sp³-hybridized carbons (Fsp3) is 0.133. The van der Waals surface area contributed by atoms with E-state index in [-0.39, 0.29) is 18.1 Å². The molecule has 22 heavy (non-hydrogen) atoms. The van der Waals surface area contributed by atoms with Crippen LogP contribution in [-0.2, 0) is 4.79 Å². The van der Waals surface area contributed by atoms with Gasteiger partial charge < -0.3 is 10.6 Å². The predicted molar refractivity (Wildman–Crippen MR) is 86.4 cm³/mol. The first kappa shape index (κ1) is 15.8. The SMILES string of the molecule is Cc1ccc(Cl)cc1NC(=O)CNc1ccc([N+](=O)[O-])cc1. The Balaban J connectivity index is 1.92. The van der Waals surface area contributed by atoms with E-state index in [1.807, 2.05) is 13.0 Å². The lowest BCUT2D eigenvalue weighted by Gasteiger charge is -2.10. The minimum atomic E-state index is -0.474. The van der Waals surface area contributed by atoms with E-state index in [4.69, 9.17) is 11.6 Å². The molecule has 7 heteroatoms. The molecule has 2 aromatic carbocycles. The summed E-state index contributed by atoms with van der Waals surface area (Å²) in [4.78, 5) is 22.0. The van der Waals surface area contributed by atoms with Gasteiger partial charge in [0.2, 0.25) is 5.91 Å². The molecule has 0 bridgehead atoms. The third-order valence-electron chi connectivity index (χ3n) is 3.00. The average molecular weight is 320 g/mol.